The molecule has 0 spiro atoms. The summed E-state index contributed by atoms with van der Waals surface area (Å²) in [6.07, 6.45) is -0.235. The van der Waals surface area contributed by atoms with Crippen LogP contribution in [0, 0.1) is 0 Å². The van der Waals surface area contributed by atoms with Crippen LogP contribution in [0.15, 0.2) is 24.3 Å². The van der Waals surface area contributed by atoms with Gasteiger partial charge in [-0.25, -0.2) is 4.79 Å². The zero-order chi connectivity index (χ0) is 12.6. The minimum atomic E-state index is -0.439. The highest BCUT2D eigenvalue weighted by Crippen LogP contribution is 2.33. The first kappa shape index (κ1) is 12.0. The molecule has 0 fully saturated rings. The topological polar surface area (TPSA) is 29.5 Å². The monoisotopic (exact) mass is 233 g/mol. The molecule has 92 valence electrons. The largest absolute Gasteiger partial charge is 0.444 e. The Morgan fingerprint density at radius 3 is 2.59 bits per heavy atom. The summed E-state index contributed by atoms with van der Waals surface area (Å²) in [4.78, 5) is 13.8. The minimum Gasteiger partial charge on any atom is -0.444 e. The van der Waals surface area contributed by atoms with Crippen LogP contribution < -0.4 is 0 Å². The lowest BCUT2D eigenvalue weighted by Crippen LogP contribution is -2.34. The summed E-state index contributed by atoms with van der Waals surface area (Å²) < 4.78 is 5.41. The molecule has 0 bridgehead atoms. The van der Waals surface area contributed by atoms with Gasteiger partial charge in [-0.1, -0.05) is 24.3 Å². The van der Waals surface area contributed by atoms with E-state index in [2.05, 4.69) is 12.1 Å². The number of amides is 1. The Morgan fingerprint density at radius 1 is 1.35 bits per heavy atom. The summed E-state index contributed by atoms with van der Waals surface area (Å²) in [7, 11) is 0. The number of hydrogen-bond acceptors (Lipinski definition) is 2. The van der Waals surface area contributed by atoms with Gasteiger partial charge in [-0.3, -0.25) is 4.90 Å². The van der Waals surface area contributed by atoms with Gasteiger partial charge in [0.25, 0.3) is 0 Å². The van der Waals surface area contributed by atoms with Crippen molar-refractivity contribution in [2.45, 2.75) is 45.9 Å². The second kappa shape index (κ2) is 4.06. The lowest BCUT2D eigenvalue weighted by atomic mass is 10.1. The Labute approximate surface area is 102 Å². The summed E-state index contributed by atoms with van der Waals surface area (Å²) in [6.45, 7) is 8.35. The molecule has 0 aliphatic carbocycles. The molecule has 17 heavy (non-hydrogen) atoms. The SMILES string of the molecule is C[C@@H]1c2ccccc2CN1C(=O)OC(C)(C)C. The molecular weight excluding hydrogens is 214 g/mol. The fraction of sp³-hybridized carbons (Fsp3) is 0.500. The first-order valence-electron chi connectivity index (χ1n) is 5.96. The highest BCUT2D eigenvalue weighted by molar-refractivity contribution is 5.70. The number of rotatable bonds is 0. The van der Waals surface area contributed by atoms with Crippen LogP contribution in [-0.2, 0) is 11.3 Å². The van der Waals surface area contributed by atoms with Crippen molar-refractivity contribution in [1.29, 1.82) is 0 Å². The molecular formula is C14H19NO2. The molecule has 0 unspecified atom stereocenters. The van der Waals surface area contributed by atoms with Crippen LogP contribution in [0.3, 0.4) is 0 Å². The summed E-state index contributed by atoms with van der Waals surface area (Å²) in [5.74, 6) is 0. The third-order valence-electron chi connectivity index (χ3n) is 2.94. The molecule has 2 rings (SSSR count). The number of nitrogens with zero attached hydrogens (tertiary/aromatic N) is 1. The predicted molar refractivity (Wildman–Crippen MR) is 66.6 cm³/mol. The maximum atomic E-state index is 12.0. The first-order chi connectivity index (χ1) is 7.88. The van der Waals surface area contributed by atoms with Crippen LogP contribution >= 0.6 is 0 Å². The quantitative estimate of drug-likeness (QED) is 0.686. The van der Waals surface area contributed by atoms with Gasteiger partial charge in [-0.2, -0.15) is 0 Å². The zero-order valence-electron chi connectivity index (χ0n) is 10.9. The summed E-state index contributed by atoms with van der Waals surface area (Å²) in [5.41, 5.74) is 2.00. The number of ether oxygens (including phenoxy) is 1. The molecule has 0 saturated heterocycles. The number of carbonyl (C=O) groups is 1. The van der Waals surface area contributed by atoms with Crippen molar-refractivity contribution in [2.24, 2.45) is 0 Å². The van der Waals surface area contributed by atoms with E-state index in [0.29, 0.717) is 6.54 Å². The van der Waals surface area contributed by atoms with Crippen LogP contribution in [0.5, 0.6) is 0 Å². The first-order valence-corrected chi connectivity index (χ1v) is 5.96. The van der Waals surface area contributed by atoms with Crippen LogP contribution in [0.4, 0.5) is 4.79 Å². The van der Waals surface area contributed by atoms with Crippen molar-refractivity contribution >= 4 is 6.09 Å². The molecule has 1 aliphatic rings. The predicted octanol–water partition coefficient (Wildman–Crippen LogP) is 3.50. The molecule has 1 heterocycles. The van der Waals surface area contributed by atoms with Crippen molar-refractivity contribution in [1.82, 2.24) is 4.90 Å². The Bertz CT molecular complexity index is 434. The van der Waals surface area contributed by atoms with Crippen molar-refractivity contribution in [3.63, 3.8) is 0 Å². The van der Waals surface area contributed by atoms with Gasteiger partial charge < -0.3 is 4.74 Å². The van der Waals surface area contributed by atoms with E-state index >= 15 is 0 Å². The van der Waals surface area contributed by atoms with Crippen molar-refractivity contribution in [2.75, 3.05) is 0 Å². The van der Waals surface area contributed by atoms with Crippen molar-refractivity contribution in [3.05, 3.63) is 35.4 Å². The van der Waals surface area contributed by atoms with E-state index < -0.39 is 5.60 Å². The molecule has 1 aliphatic heterocycles. The van der Waals surface area contributed by atoms with E-state index in [0.717, 1.165) is 0 Å². The molecule has 1 aromatic carbocycles. The fourth-order valence-corrected chi connectivity index (χ4v) is 2.12. The van der Waals surface area contributed by atoms with Crippen LogP contribution in [0.25, 0.3) is 0 Å². The van der Waals surface area contributed by atoms with Gasteiger partial charge in [-0.15, -0.1) is 0 Å². The number of hydrogen-bond donors (Lipinski definition) is 0. The second-order valence-electron chi connectivity index (χ2n) is 5.48. The lowest BCUT2D eigenvalue weighted by molar-refractivity contribution is 0.0187. The Morgan fingerprint density at radius 2 is 2.00 bits per heavy atom. The Hall–Kier alpha value is -1.51. The van der Waals surface area contributed by atoms with Gasteiger partial charge in [0.05, 0.1) is 6.04 Å². The molecule has 1 atom stereocenters. The third-order valence-corrected chi connectivity index (χ3v) is 2.94. The van der Waals surface area contributed by atoms with Gasteiger partial charge in [0.1, 0.15) is 5.60 Å². The maximum Gasteiger partial charge on any atom is 0.411 e. The number of carbonyl (C=O) groups excluding carboxylic acids is 1. The average molecular weight is 233 g/mol. The highest BCUT2D eigenvalue weighted by Gasteiger charge is 2.32. The van der Waals surface area contributed by atoms with Crippen LogP contribution in [0.1, 0.15) is 44.9 Å². The van der Waals surface area contributed by atoms with E-state index in [9.17, 15) is 4.79 Å². The Kier molecular flexibility index (Phi) is 2.86. The maximum absolute atomic E-state index is 12.0. The number of fused-ring (bicyclic) bond motifs is 1. The van der Waals surface area contributed by atoms with E-state index in [4.69, 9.17) is 4.74 Å². The molecule has 1 amide bonds. The summed E-state index contributed by atoms with van der Waals surface area (Å²) in [6, 6.07) is 8.25. The van der Waals surface area contributed by atoms with E-state index in [1.165, 1.54) is 11.1 Å². The third kappa shape index (κ3) is 2.43. The smallest absolute Gasteiger partial charge is 0.411 e. The van der Waals surface area contributed by atoms with Gasteiger partial charge in [0, 0.05) is 6.54 Å². The normalized spacial score (nSPS) is 19.1. The standard InChI is InChI=1S/C14H19NO2/c1-10-12-8-6-5-7-11(12)9-15(10)13(16)17-14(2,3)4/h5-8,10H,9H2,1-4H3/t10-/m1/s1. The molecule has 3 nitrogen and oxygen atoms in total. The molecule has 1 aromatic rings. The van der Waals surface area contributed by atoms with Gasteiger partial charge >= 0.3 is 6.09 Å². The molecule has 0 aromatic heterocycles. The summed E-state index contributed by atoms with van der Waals surface area (Å²) >= 11 is 0. The number of benzene rings is 1. The minimum absolute atomic E-state index is 0.0982. The van der Waals surface area contributed by atoms with Gasteiger partial charge in [0.15, 0.2) is 0 Å². The van der Waals surface area contributed by atoms with Crippen LogP contribution in [-0.4, -0.2) is 16.6 Å². The summed E-state index contributed by atoms with van der Waals surface area (Å²) in [5, 5.41) is 0. The molecule has 0 saturated carbocycles. The van der Waals surface area contributed by atoms with E-state index in [-0.39, 0.29) is 12.1 Å². The lowest BCUT2D eigenvalue weighted by Gasteiger charge is -2.27. The molecule has 3 heteroatoms. The Balaban J connectivity index is 2.15. The van der Waals surface area contributed by atoms with Crippen LogP contribution in [0.2, 0.25) is 0 Å². The molecule has 0 N–H and O–H groups in total. The van der Waals surface area contributed by atoms with E-state index in [1.807, 2.05) is 39.8 Å². The van der Waals surface area contributed by atoms with E-state index in [1.54, 1.807) is 4.90 Å². The molecule has 0 radical (unpaired) electrons. The fourth-order valence-electron chi connectivity index (χ4n) is 2.12. The van der Waals surface area contributed by atoms with Crippen molar-refractivity contribution < 1.29 is 9.53 Å². The van der Waals surface area contributed by atoms with Gasteiger partial charge in [0.2, 0.25) is 0 Å². The van der Waals surface area contributed by atoms with Gasteiger partial charge in [-0.05, 0) is 38.8 Å². The average Bonchev–Trinajstić information content (AvgIpc) is 2.55. The second-order valence-corrected chi connectivity index (χ2v) is 5.48. The van der Waals surface area contributed by atoms with Crippen molar-refractivity contribution in [3.8, 4) is 0 Å². The highest BCUT2D eigenvalue weighted by atomic mass is 16.6. The zero-order valence-corrected chi connectivity index (χ0v) is 10.9.